The van der Waals surface area contributed by atoms with E-state index in [2.05, 4.69) is 31.6 Å². The van der Waals surface area contributed by atoms with E-state index >= 15 is 0 Å². The SMILES string of the molecule is O=C1NCc2c(-c3c[nH]c4ccccc34)ncc(Nc3ccc(N4CCOCC4)cn3)c21. The fourth-order valence-electron chi connectivity index (χ4n) is 4.44. The third-order valence-electron chi connectivity index (χ3n) is 6.06. The number of pyridine rings is 2. The summed E-state index contributed by atoms with van der Waals surface area (Å²) in [5, 5.41) is 7.32. The zero-order chi connectivity index (χ0) is 21.5. The number of hydrogen-bond acceptors (Lipinski definition) is 6. The first-order chi connectivity index (χ1) is 15.8. The summed E-state index contributed by atoms with van der Waals surface area (Å²) in [5.74, 6) is 0.571. The molecule has 4 aromatic rings. The second-order valence-electron chi connectivity index (χ2n) is 7.93. The molecule has 32 heavy (non-hydrogen) atoms. The standard InChI is InChI=1S/C24H22N6O2/c31-24-22-18(13-28-24)23(17-12-25-19-4-2-1-3-16(17)19)27-14-20(22)29-21-6-5-15(11-26-21)30-7-9-32-10-8-30/h1-6,11-12,14,25H,7-10,13H2,(H,26,29)(H,28,31). The number of para-hydroxylation sites is 1. The summed E-state index contributed by atoms with van der Waals surface area (Å²) in [6.07, 6.45) is 5.52. The van der Waals surface area contributed by atoms with Crippen molar-refractivity contribution in [3.8, 4) is 11.3 Å². The van der Waals surface area contributed by atoms with E-state index in [4.69, 9.17) is 9.72 Å². The molecule has 8 heteroatoms. The maximum absolute atomic E-state index is 12.7. The number of H-pyrrole nitrogens is 1. The Labute approximate surface area is 184 Å². The highest BCUT2D eigenvalue weighted by Crippen LogP contribution is 2.36. The highest BCUT2D eigenvalue weighted by molar-refractivity contribution is 6.07. The lowest BCUT2D eigenvalue weighted by atomic mass is 10.0. The topological polar surface area (TPSA) is 95.2 Å². The zero-order valence-electron chi connectivity index (χ0n) is 17.4. The summed E-state index contributed by atoms with van der Waals surface area (Å²) in [7, 11) is 0. The molecule has 3 N–H and O–H groups in total. The van der Waals surface area contributed by atoms with E-state index in [1.54, 1.807) is 6.20 Å². The summed E-state index contributed by atoms with van der Waals surface area (Å²) in [5.41, 5.74) is 6.10. The molecular weight excluding hydrogens is 404 g/mol. The lowest BCUT2D eigenvalue weighted by Gasteiger charge is -2.28. The minimum atomic E-state index is -0.101. The Morgan fingerprint density at radius 1 is 1.03 bits per heavy atom. The van der Waals surface area contributed by atoms with E-state index < -0.39 is 0 Å². The highest BCUT2D eigenvalue weighted by Gasteiger charge is 2.28. The zero-order valence-corrected chi connectivity index (χ0v) is 17.4. The van der Waals surface area contributed by atoms with Gasteiger partial charge in [-0.25, -0.2) is 4.98 Å². The predicted octanol–water partition coefficient (Wildman–Crippen LogP) is 3.45. The van der Waals surface area contributed by atoms with Crippen molar-refractivity contribution in [2.45, 2.75) is 6.54 Å². The van der Waals surface area contributed by atoms with Gasteiger partial charge in [0.1, 0.15) is 5.82 Å². The fraction of sp³-hybridized carbons (Fsp3) is 0.208. The van der Waals surface area contributed by atoms with Crippen molar-refractivity contribution >= 4 is 34.0 Å². The quantitative estimate of drug-likeness (QED) is 0.463. The molecule has 0 atom stereocenters. The van der Waals surface area contributed by atoms with Crippen molar-refractivity contribution < 1.29 is 9.53 Å². The minimum Gasteiger partial charge on any atom is -0.378 e. The van der Waals surface area contributed by atoms with Gasteiger partial charge in [-0.05, 0) is 18.2 Å². The van der Waals surface area contributed by atoms with Gasteiger partial charge in [0.2, 0.25) is 0 Å². The molecule has 1 aromatic carbocycles. The highest BCUT2D eigenvalue weighted by atomic mass is 16.5. The summed E-state index contributed by atoms with van der Waals surface area (Å²) in [4.78, 5) is 27.5. The number of morpholine rings is 1. The van der Waals surface area contributed by atoms with Crippen molar-refractivity contribution in [1.29, 1.82) is 0 Å². The van der Waals surface area contributed by atoms with Gasteiger partial charge in [0.05, 0.1) is 48.2 Å². The van der Waals surface area contributed by atoms with Crippen LogP contribution in [-0.2, 0) is 11.3 Å². The van der Waals surface area contributed by atoms with Crippen molar-refractivity contribution in [2.24, 2.45) is 0 Å². The number of nitrogens with zero attached hydrogens (tertiary/aromatic N) is 3. The van der Waals surface area contributed by atoms with Crippen LogP contribution in [0.15, 0.2) is 55.0 Å². The molecule has 6 rings (SSSR count). The maximum atomic E-state index is 12.7. The molecule has 1 saturated heterocycles. The van der Waals surface area contributed by atoms with E-state index in [1.165, 1.54) is 0 Å². The molecule has 0 spiro atoms. The van der Waals surface area contributed by atoms with Gasteiger partial charge in [0.25, 0.3) is 5.91 Å². The maximum Gasteiger partial charge on any atom is 0.254 e. The number of carbonyl (C=O) groups excluding carboxylic acids is 1. The molecule has 3 aromatic heterocycles. The summed E-state index contributed by atoms with van der Waals surface area (Å²) in [6.45, 7) is 3.64. The molecule has 160 valence electrons. The summed E-state index contributed by atoms with van der Waals surface area (Å²) < 4.78 is 5.42. The Morgan fingerprint density at radius 3 is 2.75 bits per heavy atom. The van der Waals surface area contributed by atoms with Gasteiger partial charge in [0.15, 0.2) is 0 Å². The number of rotatable bonds is 4. The number of nitrogens with one attached hydrogen (secondary N) is 3. The predicted molar refractivity (Wildman–Crippen MR) is 123 cm³/mol. The molecule has 8 nitrogen and oxygen atoms in total. The lowest BCUT2D eigenvalue weighted by Crippen LogP contribution is -2.36. The molecular formula is C24H22N6O2. The van der Waals surface area contributed by atoms with E-state index in [0.29, 0.717) is 23.6 Å². The molecule has 1 fully saturated rings. The second-order valence-corrected chi connectivity index (χ2v) is 7.93. The van der Waals surface area contributed by atoms with Crippen LogP contribution in [0.3, 0.4) is 0 Å². The normalized spacial score (nSPS) is 15.6. The number of aromatic amines is 1. The Kier molecular flexibility index (Phi) is 4.50. The van der Waals surface area contributed by atoms with Gasteiger partial charge in [-0.1, -0.05) is 18.2 Å². The van der Waals surface area contributed by atoms with E-state index in [-0.39, 0.29) is 5.91 Å². The van der Waals surface area contributed by atoms with E-state index in [9.17, 15) is 4.79 Å². The average molecular weight is 426 g/mol. The molecule has 0 aliphatic carbocycles. The Bertz CT molecular complexity index is 1310. The van der Waals surface area contributed by atoms with Gasteiger partial charge in [0, 0.05) is 47.9 Å². The molecule has 2 aliphatic rings. The van der Waals surface area contributed by atoms with Crippen LogP contribution in [0.2, 0.25) is 0 Å². The van der Waals surface area contributed by atoms with Crippen LogP contribution in [0.4, 0.5) is 17.2 Å². The molecule has 5 heterocycles. The Morgan fingerprint density at radius 2 is 1.91 bits per heavy atom. The smallest absolute Gasteiger partial charge is 0.254 e. The summed E-state index contributed by atoms with van der Waals surface area (Å²) in [6, 6.07) is 12.1. The van der Waals surface area contributed by atoms with Gasteiger partial charge >= 0.3 is 0 Å². The number of hydrogen-bond donors (Lipinski definition) is 3. The first-order valence-electron chi connectivity index (χ1n) is 10.7. The van der Waals surface area contributed by atoms with Crippen LogP contribution >= 0.6 is 0 Å². The number of ether oxygens (including phenoxy) is 1. The van der Waals surface area contributed by atoms with Crippen LogP contribution in [0.5, 0.6) is 0 Å². The third-order valence-corrected chi connectivity index (χ3v) is 6.06. The van der Waals surface area contributed by atoms with Crippen LogP contribution in [0.1, 0.15) is 15.9 Å². The van der Waals surface area contributed by atoms with E-state index in [1.807, 2.05) is 42.7 Å². The number of carbonyl (C=O) groups is 1. The Hall–Kier alpha value is -3.91. The Balaban J connectivity index is 1.33. The molecule has 1 amide bonds. The van der Waals surface area contributed by atoms with Crippen LogP contribution in [-0.4, -0.2) is 47.2 Å². The van der Waals surface area contributed by atoms with Gasteiger partial charge in [-0.2, -0.15) is 0 Å². The van der Waals surface area contributed by atoms with Crippen molar-refractivity contribution in [2.75, 3.05) is 36.5 Å². The van der Waals surface area contributed by atoms with Crippen LogP contribution in [0, 0.1) is 0 Å². The van der Waals surface area contributed by atoms with Crippen LogP contribution in [0.25, 0.3) is 22.2 Å². The minimum absolute atomic E-state index is 0.101. The molecule has 0 bridgehead atoms. The number of amides is 1. The first kappa shape index (κ1) is 18.8. The average Bonchev–Trinajstić information content (AvgIpc) is 3.45. The first-order valence-corrected chi connectivity index (χ1v) is 10.7. The number of anilines is 3. The second kappa shape index (κ2) is 7.65. The largest absolute Gasteiger partial charge is 0.378 e. The fourth-order valence-corrected chi connectivity index (χ4v) is 4.44. The van der Waals surface area contributed by atoms with Crippen molar-refractivity contribution in [1.82, 2.24) is 20.3 Å². The van der Waals surface area contributed by atoms with Crippen molar-refractivity contribution in [3.63, 3.8) is 0 Å². The van der Waals surface area contributed by atoms with Gasteiger partial charge in [-0.15, -0.1) is 0 Å². The van der Waals surface area contributed by atoms with Crippen molar-refractivity contribution in [3.05, 3.63) is 66.1 Å². The number of fused-ring (bicyclic) bond motifs is 2. The molecule has 2 aliphatic heterocycles. The lowest BCUT2D eigenvalue weighted by molar-refractivity contribution is 0.0966. The molecule has 0 unspecified atom stereocenters. The van der Waals surface area contributed by atoms with Gasteiger partial charge < -0.3 is 25.3 Å². The summed E-state index contributed by atoms with van der Waals surface area (Å²) >= 11 is 0. The van der Waals surface area contributed by atoms with Gasteiger partial charge in [-0.3, -0.25) is 9.78 Å². The number of benzene rings is 1. The third kappa shape index (κ3) is 3.16. The number of aromatic nitrogens is 3. The van der Waals surface area contributed by atoms with Crippen LogP contribution < -0.4 is 15.5 Å². The monoisotopic (exact) mass is 426 g/mol. The molecule has 0 saturated carbocycles. The molecule has 0 radical (unpaired) electrons. The van der Waals surface area contributed by atoms with E-state index in [0.717, 1.165) is 59.7 Å².